The van der Waals surface area contributed by atoms with Gasteiger partial charge in [-0.05, 0) is 18.6 Å². The summed E-state index contributed by atoms with van der Waals surface area (Å²) >= 11 is 9.33. The number of phenols is 2. The standard InChI is InChI=1S/C15H10BrClN4O6/c1-5-10(13(16)20(24)6(2)11(5)17)15-19-18-14(27-15)7-3-8(21(25)26)12(23)9(22)4-7/h3-4,22-23H,1-2H3. The summed E-state index contributed by atoms with van der Waals surface area (Å²) < 4.78 is 6.19. The lowest BCUT2D eigenvalue weighted by atomic mass is 10.1. The number of aromatic hydroxyl groups is 2. The van der Waals surface area contributed by atoms with Gasteiger partial charge in [0.25, 0.3) is 10.5 Å². The maximum atomic E-state index is 12.2. The van der Waals surface area contributed by atoms with Gasteiger partial charge in [0.05, 0.1) is 4.92 Å². The van der Waals surface area contributed by atoms with E-state index in [2.05, 4.69) is 26.1 Å². The van der Waals surface area contributed by atoms with Crippen LogP contribution in [0.1, 0.15) is 11.3 Å². The Morgan fingerprint density at radius 2 is 1.89 bits per heavy atom. The quantitative estimate of drug-likeness (QED) is 0.152. The summed E-state index contributed by atoms with van der Waals surface area (Å²) in [4.78, 5) is 10.1. The molecule has 0 aliphatic rings. The molecule has 0 saturated carbocycles. The predicted molar refractivity (Wildman–Crippen MR) is 96.3 cm³/mol. The number of rotatable bonds is 3. The molecule has 27 heavy (non-hydrogen) atoms. The van der Waals surface area contributed by atoms with Crippen molar-refractivity contribution in [3.8, 4) is 34.4 Å². The van der Waals surface area contributed by atoms with E-state index in [1.165, 1.54) is 0 Å². The lowest BCUT2D eigenvalue weighted by molar-refractivity contribution is -0.623. The third-order valence-electron chi connectivity index (χ3n) is 3.86. The first kappa shape index (κ1) is 18.9. The molecule has 10 nitrogen and oxygen atoms in total. The highest BCUT2D eigenvalue weighted by Crippen LogP contribution is 2.40. The van der Waals surface area contributed by atoms with Crippen molar-refractivity contribution in [3.63, 3.8) is 0 Å². The fourth-order valence-electron chi connectivity index (χ4n) is 2.43. The molecular weight excluding hydrogens is 448 g/mol. The summed E-state index contributed by atoms with van der Waals surface area (Å²) in [5.41, 5.74) is 0.346. The fourth-order valence-corrected chi connectivity index (χ4v) is 3.33. The van der Waals surface area contributed by atoms with Gasteiger partial charge >= 0.3 is 5.69 Å². The number of phenolic OH excluding ortho intramolecular Hbond substituents is 2. The van der Waals surface area contributed by atoms with E-state index in [9.17, 15) is 25.5 Å². The van der Waals surface area contributed by atoms with E-state index < -0.39 is 22.1 Å². The van der Waals surface area contributed by atoms with Crippen LogP contribution in [0.4, 0.5) is 5.69 Å². The van der Waals surface area contributed by atoms with E-state index >= 15 is 0 Å². The largest absolute Gasteiger partial charge is 0.618 e. The highest BCUT2D eigenvalue weighted by atomic mass is 79.9. The normalized spacial score (nSPS) is 11.0. The van der Waals surface area contributed by atoms with Gasteiger partial charge in [-0.25, -0.2) is 0 Å². The summed E-state index contributed by atoms with van der Waals surface area (Å²) in [7, 11) is 0. The van der Waals surface area contributed by atoms with E-state index in [-0.39, 0.29) is 38.2 Å². The van der Waals surface area contributed by atoms with Crippen LogP contribution < -0.4 is 4.73 Å². The number of hydrogen-bond donors (Lipinski definition) is 2. The lowest BCUT2D eigenvalue weighted by Crippen LogP contribution is -2.33. The van der Waals surface area contributed by atoms with Gasteiger partial charge in [0.1, 0.15) is 10.6 Å². The third-order valence-corrected chi connectivity index (χ3v) is 5.14. The highest BCUT2D eigenvalue weighted by molar-refractivity contribution is 9.10. The molecular formula is C15H10BrClN4O6. The number of nitrogens with zero attached hydrogens (tertiary/aromatic N) is 4. The molecule has 3 rings (SSSR count). The van der Waals surface area contributed by atoms with Crippen LogP contribution in [-0.2, 0) is 0 Å². The summed E-state index contributed by atoms with van der Waals surface area (Å²) in [6.45, 7) is 3.21. The molecule has 0 aliphatic carbocycles. The zero-order valence-corrected chi connectivity index (χ0v) is 16.1. The molecule has 0 saturated heterocycles. The second-order valence-electron chi connectivity index (χ2n) is 5.52. The molecule has 140 valence electrons. The van der Waals surface area contributed by atoms with Gasteiger partial charge in [-0.1, -0.05) is 11.6 Å². The average Bonchev–Trinajstić information content (AvgIpc) is 3.10. The van der Waals surface area contributed by atoms with Gasteiger partial charge in [0.15, 0.2) is 5.75 Å². The van der Waals surface area contributed by atoms with Crippen LogP contribution in [0, 0.1) is 29.2 Å². The fraction of sp³-hybridized carbons (Fsp3) is 0.133. The number of aromatic nitrogens is 3. The van der Waals surface area contributed by atoms with Crippen molar-refractivity contribution < 1.29 is 24.3 Å². The first-order valence-electron chi connectivity index (χ1n) is 7.25. The van der Waals surface area contributed by atoms with Gasteiger partial charge in [-0.15, -0.1) is 10.2 Å². The van der Waals surface area contributed by atoms with Crippen LogP contribution in [0.5, 0.6) is 11.5 Å². The van der Waals surface area contributed by atoms with Gasteiger partial charge in [-0.3, -0.25) is 10.1 Å². The molecule has 0 bridgehead atoms. The van der Waals surface area contributed by atoms with Gasteiger partial charge in [0.2, 0.25) is 17.3 Å². The number of pyridine rings is 1. The Labute approximate surface area is 164 Å². The Hall–Kier alpha value is -2.92. The van der Waals surface area contributed by atoms with E-state index in [4.69, 9.17) is 16.0 Å². The molecule has 2 aromatic heterocycles. The Balaban J connectivity index is 2.17. The number of nitro groups is 1. The minimum Gasteiger partial charge on any atom is -0.618 e. The Bertz CT molecular complexity index is 1070. The van der Waals surface area contributed by atoms with Crippen LogP contribution in [-0.4, -0.2) is 25.3 Å². The monoisotopic (exact) mass is 456 g/mol. The SMILES string of the molecule is Cc1c(Cl)c(C)[n+]([O-])c(Br)c1-c1nnc(-c2cc(O)c(O)c([N+](=O)[O-])c2)o1. The molecule has 0 atom stereocenters. The molecule has 2 N–H and O–H groups in total. The van der Waals surface area contributed by atoms with Crippen molar-refractivity contribution in [1.29, 1.82) is 0 Å². The zero-order chi connectivity index (χ0) is 20.0. The Kier molecular flexibility index (Phi) is 4.66. The van der Waals surface area contributed by atoms with E-state index in [1.807, 2.05) is 0 Å². The van der Waals surface area contributed by atoms with Crippen molar-refractivity contribution in [2.75, 3.05) is 0 Å². The minimum atomic E-state index is -0.875. The summed E-state index contributed by atoms with van der Waals surface area (Å²) in [6.07, 6.45) is 0. The first-order chi connectivity index (χ1) is 12.6. The van der Waals surface area contributed by atoms with E-state index in [0.29, 0.717) is 10.3 Å². The van der Waals surface area contributed by atoms with Gasteiger partial charge in [-0.2, -0.15) is 4.73 Å². The topological polar surface area (TPSA) is 149 Å². The molecule has 0 fully saturated rings. The molecule has 0 unspecified atom stereocenters. The number of nitro benzene ring substituents is 1. The van der Waals surface area contributed by atoms with Gasteiger partial charge in [0, 0.05) is 34.5 Å². The van der Waals surface area contributed by atoms with Crippen LogP contribution in [0.3, 0.4) is 0 Å². The van der Waals surface area contributed by atoms with Crippen molar-refractivity contribution in [3.05, 3.63) is 48.3 Å². The van der Waals surface area contributed by atoms with Crippen molar-refractivity contribution in [2.24, 2.45) is 0 Å². The molecule has 0 radical (unpaired) electrons. The summed E-state index contributed by atoms with van der Waals surface area (Å²) in [6, 6.07) is 2.02. The molecule has 0 spiro atoms. The minimum absolute atomic E-state index is 0.0118. The Morgan fingerprint density at radius 3 is 2.52 bits per heavy atom. The average molecular weight is 458 g/mol. The molecule has 0 amide bonds. The smallest absolute Gasteiger partial charge is 0.315 e. The third kappa shape index (κ3) is 3.04. The van der Waals surface area contributed by atoms with Crippen LogP contribution in [0.2, 0.25) is 5.02 Å². The molecule has 2 heterocycles. The van der Waals surface area contributed by atoms with Crippen molar-refractivity contribution in [2.45, 2.75) is 13.8 Å². The summed E-state index contributed by atoms with van der Waals surface area (Å²) in [5, 5.41) is 50.3. The molecule has 1 aromatic carbocycles. The van der Waals surface area contributed by atoms with Gasteiger partial charge < -0.3 is 19.8 Å². The van der Waals surface area contributed by atoms with Crippen LogP contribution in [0.25, 0.3) is 22.9 Å². The second-order valence-corrected chi connectivity index (χ2v) is 6.65. The predicted octanol–water partition coefficient (Wildman–Crippen LogP) is 3.39. The molecule has 12 heteroatoms. The van der Waals surface area contributed by atoms with Crippen molar-refractivity contribution in [1.82, 2.24) is 10.2 Å². The van der Waals surface area contributed by atoms with E-state index in [0.717, 1.165) is 12.1 Å². The Morgan fingerprint density at radius 1 is 1.26 bits per heavy atom. The van der Waals surface area contributed by atoms with E-state index in [1.54, 1.807) is 13.8 Å². The number of benzene rings is 1. The molecule has 0 aliphatic heterocycles. The second kappa shape index (κ2) is 6.67. The number of hydrogen-bond acceptors (Lipinski definition) is 8. The van der Waals surface area contributed by atoms with Crippen LogP contribution >= 0.6 is 27.5 Å². The zero-order valence-electron chi connectivity index (χ0n) is 13.7. The van der Waals surface area contributed by atoms with Crippen molar-refractivity contribution >= 4 is 33.2 Å². The number of halogens is 2. The maximum Gasteiger partial charge on any atom is 0.315 e. The lowest BCUT2D eigenvalue weighted by Gasteiger charge is -2.10. The first-order valence-corrected chi connectivity index (χ1v) is 8.42. The summed E-state index contributed by atoms with van der Waals surface area (Å²) in [5.74, 6) is -1.81. The van der Waals surface area contributed by atoms with Crippen LogP contribution in [0.15, 0.2) is 21.2 Å². The maximum absolute atomic E-state index is 12.2. The highest BCUT2D eigenvalue weighted by Gasteiger charge is 2.27. The molecule has 3 aromatic rings.